The number of carbonyl (C=O) groups is 1. The van der Waals surface area contributed by atoms with Gasteiger partial charge in [-0.25, -0.2) is 32.2 Å². The molecule has 2 atom stereocenters. The maximum absolute atomic E-state index is 16.0. The van der Waals surface area contributed by atoms with Crippen molar-refractivity contribution in [1.82, 2.24) is 14.8 Å². The van der Waals surface area contributed by atoms with Crippen LogP contribution in [0.5, 0.6) is 0 Å². The van der Waals surface area contributed by atoms with E-state index in [0.717, 1.165) is 12.1 Å². The van der Waals surface area contributed by atoms with Gasteiger partial charge in [0.1, 0.15) is 30.1 Å². The number of thioether (sulfide) groups is 1. The Morgan fingerprint density at radius 3 is 2.54 bits per heavy atom. The van der Waals surface area contributed by atoms with Crippen LogP contribution in [0.1, 0.15) is 39.5 Å². The lowest BCUT2D eigenvalue weighted by atomic mass is 9.89. The smallest absolute Gasteiger partial charge is 0.447 e. The van der Waals surface area contributed by atoms with Gasteiger partial charge in [0.2, 0.25) is 0 Å². The van der Waals surface area contributed by atoms with Gasteiger partial charge < -0.3 is 24.0 Å². The number of allylic oxidation sites excluding steroid dienone is 2. The summed E-state index contributed by atoms with van der Waals surface area (Å²) in [6, 6.07) is 18.7. The zero-order valence-electron chi connectivity index (χ0n) is 29.6. The van der Waals surface area contributed by atoms with Gasteiger partial charge in [-0.15, -0.1) is 11.8 Å². The fraction of sp³-hybridized carbons (Fsp3) is 0.231. The molecule has 2 N–H and O–H groups in total. The molecule has 4 aromatic carbocycles. The number of rotatable bonds is 14. The Morgan fingerprint density at radius 1 is 1.09 bits per heavy atom. The van der Waals surface area contributed by atoms with Crippen molar-refractivity contribution in [3.8, 4) is 6.07 Å². The van der Waals surface area contributed by atoms with E-state index in [0.29, 0.717) is 22.4 Å². The van der Waals surface area contributed by atoms with Crippen molar-refractivity contribution >= 4 is 42.4 Å². The van der Waals surface area contributed by atoms with Crippen molar-refractivity contribution in [3.05, 3.63) is 149 Å². The predicted octanol–water partition coefficient (Wildman–Crippen LogP) is 7.21. The van der Waals surface area contributed by atoms with E-state index in [4.69, 9.17) is 24.0 Å². The standard InChI is InChI=1S/C39H34F3N4O8PS/c1-25(56-31-20-51-36(52-21-31)11-3-2-6-27-13-12-26(18-43)16-34(27)41)39(22-46-24-44-23-45-46,33-15-14-30(40)17-35(33)42)54-38(47)32-10-5-8-28-7-4-9-29(37(28)32)19-53-55(48,49)50/h2-17,23-25,31,36H,19-22H2,1H3,(H2,48,49,50)/t25-,31?,36?,39-/m1/s1. The van der Waals surface area contributed by atoms with E-state index in [2.05, 4.69) is 10.1 Å². The molecule has 0 radical (unpaired) electrons. The van der Waals surface area contributed by atoms with Crippen LogP contribution in [0.25, 0.3) is 16.8 Å². The number of esters is 1. The highest BCUT2D eigenvalue weighted by molar-refractivity contribution is 8.00. The molecule has 1 fully saturated rings. The molecule has 290 valence electrons. The van der Waals surface area contributed by atoms with E-state index in [1.54, 1.807) is 55.5 Å². The van der Waals surface area contributed by atoms with Gasteiger partial charge in [0.25, 0.3) is 0 Å². The Hall–Kier alpha value is -5.11. The minimum atomic E-state index is -4.88. The molecule has 0 bridgehead atoms. The number of nitriles is 1. The number of aromatic nitrogens is 3. The molecule has 2 heterocycles. The first-order valence-corrected chi connectivity index (χ1v) is 19.5. The van der Waals surface area contributed by atoms with Crippen LogP contribution in [0.4, 0.5) is 13.2 Å². The average molecular weight is 807 g/mol. The summed E-state index contributed by atoms with van der Waals surface area (Å²) in [5, 5.41) is 12.8. The number of phosphoric acid groups is 1. The number of hydrogen-bond acceptors (Lipinski definition) is 10. The molecule has 1 saturated heterocycles. The number of halogens is 3. The van der Waals surface area contributed by atoms with Crippen molar-refractivity contribution < 1.29 is 51.1 Å². The third-order valence-electron chi connectivity index (χ3n) is 8.86. The number of hydrogen-bond donors (Lipinski definition) is 2. The van der Waals surface area contributed by atoms with E-state index in [1.165, 1.54) is 59.4 Å². The Labute approximate surface area is 323 Å². The monoisotopic (exact) mass is 806 g/mol. The van der Waals surface area contributed by atoms with Crippen molar-refractivity contribution in [2.24, 2.45) is 0 Å². The van der Waals surface area contributed by atoms with Crippen LogP contribution in [0, 0.1) is 28.8 Å². The largest absolute Gasteiger partial charge is 0.469 e. The van der Waals surface area contributed by atoms with E-state index >= 15 is 4.39 Å². The topological polar surface area (TPSA) is 166 Å². The van der Waals surface area contributed by atoms with Gasteiger partial charge in [0, 0.05) is 27.8 Å². The molecular formula is C39H34F3N4O8PS. The molecule has 1 aliphatic rings. The van der Waals surface area contributed by atoms with Crippen LogP contribution in [-0.4, -0.2) is 60.5 Å². The summed E-state index contributed by atoms with van der Waals surface area (Å²) in [6.07, 6.45) is 8.30. The van der Waals surface area contributed by atoms with Gasteiger partial charge in [-0.3, -0.25) is 4.52 Å². The minimum Gasteiger partial charge on any atom is -0.447 e. The van der Waals surface area contributed by atoms with Crippen LogP contribution in [0.3, 0.4) is 0 Å². The van der Waals surface area contributed by atoms with Crippen LogP contribution >= 0.6 is 19.6 Å². The molecule has 6 rings (SSSR count). The number of nitrogens with zero attached hydrogens (tertiary/aromatic N) is 4. The molecule has 1 aromatic heterocycles. The second-order valence-corrected chi connectivity index (χ2v) is 15.5. The molecule has 12 nitrogen and oxygen atoms in total. The third kappa shape index (κ3) is 9.81. The first-order chi connectivity index (χ1) is 26.8. The van der Waals surface area contributed by atoms with Crippen LogP contribution in [0.2, 0.25) is 0 Å². The fourth-order valence-electron chi connectivity index (χ4n) is 6.21. The van der Waals surface area contributed by atoms with Gasteiger partial charge >= 0.3 is 13.8 Å². The molecule has 0 unspecified atom stereocenters. The quantitative estimate of drug-likeness (QED) is 0.0659. The van der Waals surface area contributed by atoms with Crippen molar-refractivity contribution in [1.29, 1.82) is 5.26 Å². The third-order valence-corrected chi connectivity index (χ3v) is 10.8. The van der Waals surface area contributed by atoms with Gasteiger partial charge in [0.05, 0.1) is 48.8 Å². The highest BCUT2D eigenvalue weighted by atomic mass is 32.2. The summed E-state index contributed by atoms with van der Waals surface area (Å²) >= 11 is 1.29. The number of ether oxygens (including phenoxy) is 3. The molecule has 5 aromatic rings. The maximum atomic E-state index is 16.0. The molecule has 1 aliphatic heterocycles. The average Bonchev–Trinajstić information content (AvgIpc) is 3.68. The Morgan fingerprint density at radius 2 is 1.86 bits per heavy atom. The Kier molecular flexibility index (Phi) is 12.9. The molecule has 17 heteroatoms. The lowest BCUT2D eigenvalue weighted by Crippen LogP contribution is -2.47. The normalized spacial score (nSPS) is 17.9. The molecule has 0 saturated carbocycles. The number of benzene rings is 4. The number of carbonyl (C=O) groups excluding carboxylic acids is 1. The van der Waals surface area contributed by atoms with E-state index in [9.17, 15) is 27.9 Å². The Bertz CT molecular complexity index is 2340. The summed E-state index contributed by atoms with van der Waals surface area (Å²) in [5.74, 6) is -3.27. The number of phosphoric ester groups is 1. The molecule has 0 aliphatic carbocycles. The Balaban J connectivity index is 1.27. The summed E-state index contributed by atoms with van der Waals surface area (Å²) in [4.78, 5) is 37.2. The first-order valence-electron chi connectivity index (χ1n) is 17.0. The fourth-order valence-corrected chi connectivity index (χ4v) is 7.88. The number of fused-ring (bicyclic) bond motifs is 1. The van der Waals surface area contributed by atoms with Crippen LogP contribution in [0.15, 0.2) is 104 Å². The van der Waals surface area contributed by atoms with E-state index in [-0.39, 0.29) is 47.3 Å². The molecule has 0 spiro atoms. The highest BCUT2D eigenvalue weighted by Crippen LogP contribution is 2.43. The first kappa shape index (κ1) is 40.6. The maximum Gasteiger partial charge on any atom is 0.469 e. The van der Waals surface area contributed by atoms with Gasteiger partial charge in [-0.2, -0.15) is 10.4 Å². The predicted molar refractivity (Wildman–Crippen MR) is 200 cm³/mol. The highest BCUT2D eigenvalue weighted by Gasteiger charge is 2.47. The van der Waals surface area contributed by atoms with Crippen molar-refractivity contribution in [2.75, 3.05) is 13.2 Å². The molecule has 56 heavy (non-hydrogen) atoms. The second-order valence-electron chi connectivity index (χ2n) is 12.6. The van der Waals surface area contributed by atoms with Crippen molar-refractivity contribution in [2.45, 2.75) is 42.5 Å². The summed E-state index contributed by atoms with van der Waals surface area (Å²) < 4.78 is 80.5. The van der Waals surface area contributed by atoms with Gasteiger partial charge in [0.15, 0.2) is 11.9 Å². The zero-order valence-corrected chi connectivity index (χ0v) is 31.3. The lowest BCUT2D eigenvalue weighted by molar-refractivity contribution is -0.146. The second kappa shape index (κ2) is 17.8. The molecular weight excluding hydrogens is 772 g/mol. The van der Waals surface area contributed by atoms with Gasteiger partial charge in [-0.05, 0) is 54.3 Å². The van der Waals surface area contributed by atoms with E-state index in [1.807, 2.05) is 6.07 Å². The summed E-state index contributed by atoms with van der Waals surface area (Å²) in [6.45, 7) is 1.28. The van der Waals surface area contributed by atoms with E-state index < -0.39 is 55.0 Å². The minimum absolute atomic E-state index is 0.00466. The van der Waals surface area contributed by atoms with Gasteiger partial charge in [-0.1, -0.05) is 54.6 Å². The van der Waals surface area contributed by atoms with Crippen molar-refractivity contribution in [3.63, 3.8) is 0 Å². The zero-order chi connectivity index (χ0) is 39.9. The SMILES string of the molecule is C[C@@H](SC1COC(C=CC=Cc2ccc(C#N)cc2F)OC1)[C@@](Cn1cncn1)(OC(=O)c1cccc2cccc(COP(=O)(O)O)c12)c1ccc(F)cc1F. The summed E-state index contributed by atoms with van der Waals surface area (Å²) in [5.41, 5.74) is -1.21. The summed E-state index contributed by atoms with van der Waals surface area (Å²) in [7, 11) is -4.88. The lowest BCUT2D eigenvalue weighted by Gasteiger charge is -2.40. The molecule has 0 amide bonds. The van der Waals surface area contributed by atoms with Crippen LogP contribution in [-0.2, 0) is 42.1 Å². The van der Waals surface area contributed by atoms with Crippen LogP contribution < -0.4 is 0 Å².